The molecule has 7 nitrogen and oxygen atoms in total. The Bertz CT molecular complexity index is 978. The Morgan fingerprint density at radius 2 is 1.88 bits per heavy atom. The second kappa shape index (κ2) is 5.16. The number of nitrogens with zero attached hydrogens (tertiary/aromatic N) is 5. The number of aliphatic imine (C=N–C) groups is 1. The number of aromatic nitrogens is 2. The maximum Gasteiger partial charge on any atom is 0.406 e. The fraction of sp³-hybridized carbons (Fsp3) is 0.294. The van der Waals surface area contributed by atoms with Crippen molar-refractivity contribution in [2.75, 3.05) is 14.1 Å². The van der Waals surface area contributed by atoms with Gasteiger partial charge >= 0.3 is 12.0 Å². The summed E-state index contributed by atoms with van der Waals surface area (Å²) in [6, 6.07) is 4.77. The number of hydrogen-bond acceptors (Lipinski definition) is 3. The van der Waals surface area contributed by atoms with Crippen molar-refractivity contribution >= 4 is 35.3 Å². The highest BCUT2D eigenvalue weighted by Gasteiger charge is 2.52. The van der Waals surface area contributed by atoms with Gasteiger partial charge in [0.05, 0.1) is 0 Å². The number of amidine groups is 1. The van der Waals surface area contributed by atoms with Crippen molar-refractivity contribution in [1.82, 2.24) is 14.4 Å². The third kappa shape index (κ3) is 2.05. The molecule has 25 heavy (non-hydrogen) atoms. The first kappa shape index (κ1) is 15.8. The van der Waals surface area contributed by atoms with Crippen LogP contribution >= 0.6 is 11.6 Å². The second-order valence-electron chi connectivity index (χ2n) is 6.36. The maximum absolute atomic E-state index is 12.6. The molecule has 1 aromatic heterocycles. The van der Waals surface area contributed by atoms with Gasteiger partial charge in [0.15, 0.2) is 0 Å². The molecule has 2 aliphatic rings. The summed E-state index contributed by atoms with van der Waals surface area (Å²) in [5, 5.41) is 0.663. The molecule has 1 aromatic carbocycles. The zero-order chi connectivity index (χ0) is 18.0. The number of carbonyl (C=O) groups is 2. The highest BCUT2D eigenvalue weighted by molar-refractivity contribution is 6.31. The standard InChI is InChI=1S/C17H17ClN5O2/c1-9-5-6-11(7-12(9)18)23-10(2)8-22-13-14(19-16(22)23)20(3)17(25)21(4)15(13)24/h5-8,13H,1-4H3/q+1. The third-order valence-corrected chi connectivity index (χ3v) is 5.15. The summed E-state index contributed by atoms with van der Waals surface area (Å²) >= 11 is 6.27. The Kier molecular flexibility index (Phi) is 3.27. The zero-order valence-corrected chi connectivity index (χ0v) is 15.1. The fourth-order valence-electron chi connectivity index (χ4n) is 3.30. The third-order valence-electron chi connectivity index (χ3n) is 4.74. The Balaban J connectivity index is 1.91. The minimum Gasteiger partial charge on any atom is -0.270 e. The summed E-state index contributed by atoms with van der Waals surface area (Å²) in [6.45, 7) is 3.89. The lowest BCUT2D eigenvalue weighted by Crippen LogP contribution is -2.61. The van der Waals surface area contributed by atoms with E-state index < -0.39 is 6.04 Å². The topological polar surface area (TPSA) is 61.8 Å². The molecule has 3 heterocycles. The average molecular weight is 359 g/mol. The summed E-state index contributed by atoms with van der Waals surface area (Å²) in [6.07, 6.45) is 1.87. The molecular weight excluding hydrogens is 342 g/mol. The smallest absolute Gasteiger partial charge is 0.270 e. The van der Waals surface area contributed by atoms with Gasteiger partial charge in [-0.15, -0.1) is 0 Å². The monoisotopic (exact) mass is 358 g/mol. The molecule has 0 aliphatic carbocycles. The molecule has 1 unspecified atom stereocenters. The number of fused-ring (bicyclic) bond motifs is 3. The van der Waals surface area contributed by atoms with E-state index in [0.717, 1.165) is 21.8 Å². The molecule has 4 rings (SSSR count). The molecule has 8 heteroatoms. The molecule has 0 N–H and O–H groups in total. The van der Waals surface area contributed by atoms with E-state index in [1.807, 2.05) is 42.8 Å². The molecule has 0 radical (unpaired) electrons. The summed E-state index contributed by atoms with van der Waals surface area (Å²) in [5.74, 6) is 0.750. The molecule has 128 valence electrons. The van der Waals surface area contributed by atoms with E-state index in [1.54, 1.807) is 11.6 Å². The van der Waals surface area contributed by atoms with Crippen LogP contribution in [0.4, 0.5) is 10.7 Å². The zero-order valence-electron chi connectivity index (χ0n) is 14.3. The number of urea groups is 1. The first-order chi connectivity index (χ1) is 11.8. The predicted octanol–water partition coefficient (Wildman–Crippen LogP) is 2.14. The van der Waals surface area contributed by atoms with E-state index in [4.69, 9.17) is 11.6 Å². The van der Waals surface area contributed by atoms with Crippen LogP contribution in [0.3, 0.4) is 0 Å². The SMILES string of the molecule is Cc1ccc(-n2c(C)c[n+]3c2N=C2C3C(=O)N(C)C(=O)N2C)cc1Cl. The van der Waals surface area contributed by atoms with Gasteiger partial charge in [-0.05, 0) is 31.5 Å². The van der Waals surface area contributed by atoms with E-state index in [2.05, 4.69) is 4.99 Å². The van der Waals surface area contributed by atoms with Gasteiger partial charge in [-0.25, -0.2) is 9.36 Å². The number of rotatable bonds is 1. The highest BCUT2D eigenvalue weighted by atomic mass is 35.5. The van der Waals surface area contributed by atoms with Gasteiger partial charge in [0.2, 0.25) is 11.9 Å². The minimum absolute atomic E-state index is 0.287. The normalized spacial score (nSPS) is 19.2. The molecule has 0 spiro atoms. The first-order valence-corrected chi connectivity index (χ1v) is 8.23. The number of benzene rings is 1. The van der Waals surface area contributed by atoms with Crippen molar-refractivity contribution in [3.63, 3.8) is 0 Å². The largest absolute Gasteiger partial charge is 0.406 e. The number of hydrogen-bond donors (Lipinski definition) is 0. The quantitative estimate of drug-likeness (QED) is 0.733. The van der Waals surface area contributed by atoms with Crippen molar-refractivity contribution in [1.29, 1.82) is 0 Å². The number of imide groups is 1. The molecule has 1 atom stereocenters. The lowest BCUT2D eigenvalue weighted by Gasteiger charge is -2.30. The van der Waals surface area contributed by atoms with Crippen molar-refractivity contribution in [3.05, 3.63) is 40.7 Å². The van der Waals surface area contributed by atoms with Gasteiger partial charge in [-0.3, -0.25) is 14.6 Å². The number of carbonyl (C=O) groups excluding carboxylic acids is 2. The summed E-state index contributed by atoms with van der Waals surface area (Å²) in [7, 11) is 3.11. The van der Waals surface area contributed by atoms with Crippen LogP contribution < -0.4 is 4.57 Å². The number of amides is 3. The van der Waals surface area contributed by atoms with Crippen LogP contribution in [0.15, 0.2) is 29.4 Å². The van der Waals surface area contributed by atoms with E-state index in [1.165, 1.54) is 11.9 Å². The second-order valence-corrected chi connectivity index (χ2v) is 6.77. The highest BCUT2D eigenvalue weighted by Crippen LogP contribution is 2.31. The molecule has 3 amide bonds. The molecule has 1 fully saturated rings. The Labute approximate surface area is 149 Å². The van der Waals surface area contributed by atoms with Crippen LogP contribution in [0.25, 0.3) is 5.69 Å². The Morgan fingerprint density at radius 1 is 1.16 bits per heavy atom. The lowest BCUT2D eigenvalue weighted by molar-refractivity contribution is -0.676. The van der Waals surface area contributed by atoms with E-state index in [0.29, 0.717) is 16.8 Å². The van der Waals surface area contributed by atoms with Gasteiger partial charge in [0.25, 0.3) is 5.91 Å². The van der Waals surface area contributed by atoms with E-state index in [-0.39, 0.29) is 11.9 Å². The van der Waals surface area contributed by atoms with Gasteiger partial charge in [0.1, 0.15) is 17.6 Å². The predicted molar refractivity (Wildman–Crippen MR) is 92.5 cm³/mol. The van der Waals surface area contributed by atoms with Crippen LogP contribution in [-0.4, -0.2) is 46.2 Å². The number of likely N-dealkylation sites (N-methyl/N-ethyl adjacent to an activating group) is 2. The summed E-state index contributed by atoms with van der Waals surface area (Å²) in [5.41, 5.74) is 2.77. The lowest BCUT2D eigenvalue weighted by atomic mass is 10.2. The fourth-order valence-corrected chi connectivity index (χ4v) is 3.48. The number of aryl methyl sites for hydroxylation is 2. The van der Waals surface area contributed by atoms with Gasteiger partial charge in [0, 0.05) is 19.1 Å². The number of halogens is 1. The van der Waals surface area contributed by atoms with Crippen LogP contribution in [-0.2, 0) is 4.79 Å². The van der Waals surface area contributed by atoms with Crippen molar-refractivity contribution in [2.24, 2.45) is 4.99 Å². The van der Waals surface area contributed by atoms with Crippen molar-refractivity contribution < 1.29 is 14.2 Å². The molecule has 0 bridgehead atoms. The number of imidazole rings is 1. The molecule has 1 saturated heterocycles. The summed E-state index contributed by atoms with van der Waals surface area (Å²) in [4.78, 5) is 31.9. The molecule has 0 saturated carbocycles. The van der Waals surface area contributed by atoms with E-state index in [9.17, 15) is 9.59 Å². The minimum atomic E-state index is -0.622. The first-order valence-electron chi connectivity index (χ1n) is 7.85. The maximum atomic E-state index is 12.6. The van der Waals surface area contributed by atoms with Crippen LogP contribution in [0.5, 0.6) is 0 Å². The Morgan fingerprint density at radius 3 is 2.56 bits per heavy atom. The summed E-state index contributed by atoms with van der Waals surface area (Å²) < 4.78 is 3.74. The van der Waals surface area contributed by atoms with Crippen molar-refractivity contribution in [3.8, 4) is 5.69 Å². The van der Waals surface area contributed by atoms with E-state index >= 15 is 0 Å². The molecule has 2 aromatic rings. The van der Waals surface area contributed by atoms with Crippen molar-refractivity contribution in [2.45, 2.75) is 19.9 Å². The van der Waals surface area contributed by atoms with Gasteiger partial charge in [-0.2, -0.15) is 4.57 Å². The van der Waals surface area contributed by atoms with Crippen LogP contribution in [0.2, 0.25) is 5.02 Å². The van der Waals surface area contributed by atoms with Crippen LogP contribution in [0, 0.1) is 13.8 Å². The van der Waals surface area contributed by atoms with Gasteiger partial charge < -0.3 is 0 Å². The average Bonchev–Trinajstić information content (AvgIpc) is 3.08. The molecular formula is C17H17ClN5O2+. The van der Waals surface area contributed by atoms with Gasteiger partial charge in [-0.1, -0.05) is 22.7 Å². The van der Waals surface area contributed by atoms with Crippen LogP contribution in [0.1, 0.15) is 17.3 Å². The molecule has 2 aliphatic heterocycles. The Hall–Kier alpha value is -2.67.